The van der Waals surface area contributed by atoms with Crippen LogP contribution < -0.4 is 5.32 Å². The third-order valence-electron chi connectivity index (χ3n) is 8.61. The summed E-state index contributed by atoms with van der Waals surface area (Å²) in [6.07, 6.45) is 12.2. The van der Waals surface area contributed by atoms with Crippen molar-refractivity contribution in [3.8, 4) is 12.3 Å². The summed E-state index contributed by atoms with van der Waals surface area (Å²) in [5.41, 5.74) is 3.24. The number of amides is 1. The van der Waals surface area contributed by atoms with Crippen molar-refractivity contribution < 1.29 is 9.53 Å². The Morgan fingerprint density at radius 2 is 1.93 bits per heavy atom. The van der Waals surface area contributed by atoms with Crippen LogP contribution in [0.25, 0.3) is 0 Å². The van der Waals surface area contributed by atoms with Gasteiger partial charge in [-0.15, -0.1) is 24.8 Å². The van der Waals surface area contributed by atoms with E-state index in [0.717, 1.165) is 43.5 Å². The molecule has 1 N–H and O–H groups in total. The van der Waals surface area contributed by atoms with Crippen LogP contribution in [0.4, 0.5) is 0 Å². The molecule has 0 spiro atoms. The van der Waals surface area contributed by atoms with Crippen molar-refractivity contribution in [2.75, 3.05) is 19.7 Å². The van der Waals surface area contributed by atoms with E-state index in [2.05, 4.69) is 51.5 Å². The molecular formula is C30H40Cl2N6O2. The molecule has 1 saturated carbocycles. The molecule has 2 fully saturated rings. The molecule has 1 saturated heterocycles. The molecule has 1 amide bonds. The first-order valence-electron chi connectivity index (χ1n) is 14.1. The van der Waals surface area contributed by atoms with Crippen molar-refractivity contribution in [3.05, 3.63) is 52.3 Å². The predicted octanol–water partition coefficient (Wildman–Crippen LogP) is 5.22. The summed E-state index contributed by atoms with van der Waals surface area (Å²) in [7, 11) is 2.01. The maximum Gasteiger partial charge on any atom is 0.250 e. The van der Waals surface area contributed by atoms with E-state index >= 15 is 0 Å². The van der Waals surface area contributed by atoms with Gasteiger partial charge in [0.25, 0.3) is 0 Å². The van der Waals surface area contributed by atoms with Gasteiger partial charge in [0, 0.05) is 68.1 Å². The average molecular weight is 588 g/mol. The molecule has 2 atom stereocenters. The van der Waals surface area contributed by atoms with E-state index in [9.17, 15) is 4.79 Å². The SMILES string of the molecule is C#CCCC1(CCNC(=O)[C@H]2CN(C3CCC(c4cc(C)n(C)n4)CC3)[C@@H](Cc3ccc(Cl)cc3)CO2)N=N1.Cl. The van der Waals surface area contributed by atoms with Gasteiger partial charge < -0.3 is 10.1 Å². The summed E-state index contributed by atoms with van der Waals surface area (Å²) >= 11 is 6.13. The second-order valence-electron chi connectivity index (χ2n) is 11.3. The fourth-order valence-electron chi connectivity index (χ4n) is 6.05. The van der Waals surface area contributed by atoms with Crippen molar-refractivity contribution in [1.82, 2.24) is 20.0 Å². The number of hydrogen-bond donors (Lipinski definition) is 1. The van der Waals surface area contributed by atoms with Crippen molar-refractivity contribution >= 4 is 29.9 Å². The van der Waals surface area contributed by atoms with Crippen molar-refractivity contribution in [3.63, 3.8) is 0 Å². The number of halogens is 2. The molecular weight excluding hydrogens is 547 g/mol. The first kappa shape index (κ1) is 30.5. The Morgan fingerprint density at radius 1 is 1.20 bits per heavy atom. The maximum atomic E-state index is 13.1. The zero-order valence-electron chi connectivity index (χ0n) is 23.4. The lowest BCUT2D eigenvalue weighted by atomic mass is 9.82. The lowest BCUT2D eigenvalue weighted by Gasteiger charge is -2.45. The number of nitrogens with zero attached hydrogens (tertiary/aromatic N) is 5. The van der Waals surface area contributed by atoms with Gasteiger partial charge in [-0.1, -0.05) is 23.7 Å². The van der Waals surface area contributed by atoms with Crippen LogP contribution in [0.3, 0.4) is 0 Å². The van der Waals surface area contributed by atoms with E-state index in [4.69, 9.17) is 27.9 Å². The Hall–Kier alpha value is -2.44. The van der Waals surface area contributed by atoms with Gasteiger partial charge in [0.2, 0.25) is 5.91 Å². The van der Waals surface area contributed by atoms with E-state index in [1.54, 1.807) is 0 Å². The number of nitrogens with one attached hydrogen (secondary N) is 1. The lowest BCUT2D eigenvalue weighted by Crippen LogP contribution is -2.58. The summed E-state index contributed by atoms with van der Waals surface area (Å²) < 4.78 is 8.14. The van der Waals surface area contributed by atoms with Crippen LogP contribution >= 0.6 is 24.0 Å². The molecule has 1 aliphatic carbocycles. The molecule has 2 aromatic rings. The van der Waals surface area contributed by atoms with Crippen molar-refractivity contribution in [1.29, 1.82) is 0 Å². The summed E-state index contributed by atoms with van der Waals surface area (Å²) in [4.78, 5) is 15.7. The van der Waals surface area contributed by atoms with Crippen molar-refractivity contribution in [2.24, 2.45) is 17.3 Å². The Kier molecular flexibility index (Phi) is 10.3. The molecule has 0 bridgehead atoms. The second kappa shape index (κ2) is 13.5. The van der Waals surface area contributed by atoms with E-state index in [1.165, 1.54) is 17.0 Å². The van der Waals surface area contributed by atoms with E-state index in [-0.39, 0.29) is 24.4 Å². The molecule has 1 aromatic heterocycles. The molecule has 216 valence electrons. The summed E-state index contributed by atoms with van der Waals surface area (Å²) in [5.74, 6) is 3.08. The highest BCUT2D eigenvalue weighted by atomic mass is 35.5. The Labute approximate surface area is 248 Å². The quantitative estimate of drug-likeness (QED) is 0.387. The van der Waals surface area contributed by atoms with Gasteiger partial charge in [-0.05, 0) is 62.8 Å². The number of aryl methyl sites for hydroxylation is 2. The standard InChI is InChI=1S/C30H39ClN6O2.ClH/c1-4-5-14-30(34-35-30)15-16-32-29(38)28-19-37(26(20-39-28)18-22-6-10-24(31)11-7-22)25-12-8-23(9-13-25)27-17-21(2)36(3)33-27;/h1,6-7,10-11,17,23,25-26,28H,5,8-9,12-16,18-20H2,2-3H3,(H,32,38);1H/t23?,25?,26-,28+;/m0./s1. The van der Waals surface area contributed by atoms with Gasteiger partial charge in [0.05, 0.1) is 12.3 Å². The number of carbonyl (C=O) groups is 1. The largest absolute Gasteiger partial charge is 0.365 e. The number of ether oxygens (including phenoxy) is 1. The van der Waals surface area contributed by atoms with Gasteiger partial charge in [0.1, 0.15) is 6.10 Å². The normalized spacial score (nSPS) is 25.6. The monoisotopic (exact) mass is 586 g/mol. The van der Waals surface area contributed by atoms with E-state index in [1.807, 2.05) is 23.9 Å². The molecule has 8 nitrogen and oxygen atoms in total. The zero-order valence-corrected chi connectivity index (χ0v) is 25.0. The molecule has 10 heteroatoms. The van der Waals surface area contributed by atoms with Crippen LogP contribution in [-0.2, 0) is 23.0 Å². The number of aromatic nitrogens is 2. The smallest absolute Gasteiger partial charge is 0.250 e. The highest BCUT2D eigenvalue weighted by Crippen LogP contribution is 2.37. The van der Waals surface area contributed by atoms with Crippen molar-refractivity contribution in [2.45, 2.75) is 88.1 Å². The van der Waals surface area contributed by atoms with Gasteiger partial charge in [-0.3, -0.25) is 14.4 Å². The second-order valence-corrected chi connectivity index (χ2v) is 11.7. The number of hydrogen-bond acceptors (Lipinski definition) is 6. The van der Waals surface area contributed by atoms with Crippen LogP contribution in [-0.4, -0.2) is 64.1 Å². The van der Waals surface area contributed by atoms with Crippen LogP contribution in [0.1, 0.15) is 67.8 Å². The van der Waals surface area contributed by atoms with Gasteiger partial charge in [0.15, 0.2) is 5.66 Å². The summed E-state index contributed by atoms with van der Waals surface area (Å²) in [6.45, 7) is 3.74. The average Bonchev–Trinajstić information content (AvgIpc) is 3.64. The Bertz CT molecular complexity index is 1190. The topological polar surface area (TPSA) is 84.1 Å². The molecule has 5 rings (SSSR count). The van der Waals surface area contributed by atoms with Crippen LogP contribution in [0, 0.1) is 19.3 Å². The Balaban J connectivity index is 0.00000370. The van der Waals surface area contributed by atoms with E-state index < -0.39 is 11.8 Å². The fourth-order valence-corrected chi connectivity index (χ4v) is 6.18. The van der Waals surface area contributed by atoms with Gasteiger partial charge in [-0.25, -0.2) is 0 Å². The predicted molar refractivity (Wildman–Crippen MR) is 159 cm³/mol. The first-order chi connectivity index (χ1) is 18.9. The number of morpholine rings is 1. The molecule has 1 aromatic carbocycles. The fraction of sp³-hybridized carbons (Fsp3) is 0.600. The lowest BCUT2D eigenvalue weighted by molar-refractivity contribution is -0.145. The zero-order chi connectivity index (χ0) is 27.4. The first-order valence-corrected chi connectivity index (χ1v) is 14.5. The molecule has 40 heavy (non-hydrogen) atoms. The van der Waals surface area contributed by atoms with Crippen LogP contribution in [0.5, 0.6) is 0 Å². The highest BCUT2D eigenvalue weighted by Gasteiger charge is 2.40. The molecule has 2 aliphatic heterocycles. The molecule has 3 heterocycles. The maximum absolute atomic E-state index is 13.1. The Morgan fingerprint density at radius 3 is 2.55 bits per heavy atom. The highest BCUT2D eigenvalue weighted by molar-refractivity contribution is 6.30. The third-order valence-corrected chi connectivity index (χ3v) is 8.86. The molecule has 0 radical (unpaired) electrons. The minimum atomic E-state index is -0.489. The van der Waals surface area contributed by atoms with E-state index in [0.29, 0.717) is 44.5 Å². The molecule has 0 unspecified atom stereocenters. The van der Waals surface area contributed by atoms with Gasteiger partial charge in [-0.2, -0.15) is 15.3 Å². The number of terminal acetylenes is 1. The van der Waals surface area contributed by atoms with Crippen LogP contribution in [0.2, 0.25) is 5.02 Å². The van der Waals surface area contributed by atoms with Gasteiger partial charge >= 0.3 is 0 Å². The number of rotatable bonds is 10. The number of benzene rings is 1. The molecule has 3 aliphatic rings. The summed E-state index contributed by atoms with van der Waals surface area (Å²) in [6, 6.07) is 10.9. The minimum Gasteiger partial charge on any atom is -0.365 e. The third kappa shape index (κ3) is 7.44. The van der Waals surface area contributed by atoms with Crippen LogP contribution in [0.15, 0.2) is 40.6 Å². The number of carbonyl (C=O) groups excluding carboxylic acids is 1. The minimum absolute atomic E-state index is 0. The summed E-state index contributed by atoms with van der Waals surface area (Å²) in [5, 5.41) is 16.9.